The maximum Gasteiger partial charge on any atom is 0.323 e. The number of carbonyl (C=O) groups excluding carboxylic acids is 2. The topological polar surface area (TPSA) is 117 Å². The summed E-state index contributed by atoms with van der Waals surface area (Å²) in [7, 11) is 3.31. The van der Waals surface area contributed by atoms with Gasteiger partial charge in [0.05, 0.1) is 11.9 Å². The van der Waals surface area contributed by atoms with Gasteiger partial charge in [0, 0.05) is 32.4 Å². The molecule has 9 nitrogen and oxygen atoms in total. The van der Waals surface area contributed by atoms with E-state index in [1.807, 2.05) is 0 Å². The number of urea groups is 1. The van der Waals surface area contributed by atoms with Crippen molar-refractivity contribution >= 4 is 29.3 Å². The highest BCUT2D eigenvalue weighted by molar-refractivity contribution is 5.99. The fourth-order valence-electron chi connectivity index (χ4n) is 2.14. The molecule has 1 aromatic heterocycles. The van der Waals surface area contributed by atoms with Crippen LogP contribution in [-0.4, -0.2) is 51.8 Å². The van der Waals surface area contributed by atoms with Gasteiger partial charge in [0.25, 0.3) is 0 Å². The number of benzene rings is 1. The van der Waals surface area contributed by atoms with Crippen LogP contribution in [0.3, 0.4) is 0 Å². The van der Waals surface area contributed by atoms with E-state index in [0.717, 1.165) is 5.56 Å². The van der Waals surface area contributed by atoms with Crippen molar-refractivity contribution in [2.75, 3.05) is 24.7 Å². The van der Waals surface area contributed by atoms with Crippen molar-refractivity contribution < 1.29 is 19.5 Å². The average Bonchev–Trinajstić information content (AvgIpc) is 2.99. The molecule has 0 unspecified atom stereocenters. The molecule has 0 saturated carbocycles. The zero-order valence-corrected chi connectivity index (χ0v) is 14.6. The predicted molar refractivity (Wildman–Crippen MR) is 96.0 cm³/mol. The number of nitrogens with zero attached hydrogens (tertiary/aromatic N) is 3. The third-order valence-electron chi connectivity index (χ3n) is 3.50. The molecule has 0 aliphatic rings. The van der Waals surface area contributed by atoms with E-state index in [4.69, 9.17) is 5.11 Å². The number of amides is 3. The van der Waals surface area contributed by atoms with Crippen molar-refractivity contribution in [3.05, 3.63) is 42.2 Å². The van der Waals surface area contributed by atoms with Gasteiger partial charge >= 0.3 is 12.0 Å². The Labute approximate surface area is 150 Å². The molecule has 0 atom stereocenters. The molecule has 1 heterocycles. The molecule has 0 spiro atoms. The Morgan fingerprint density at radius 2 is 1.92 bits per heavy atom. The van der Waals surface area contributed by atoms with Crippen LogP contribution in [0.15, 0.2) is 36.7 Å². The number of aliphatic carboxylic acids is 1. The fraction of sp³-hybridized carbons (Fsp3) is 0.294. The quantitative estimate of drug-likeness (QED) is 0.695. The van der Waals surface area contributed by atoms with E-state index in [-0.39, 0.29) is 18.9 Å². The highest BCUT2D eigenvalue weighted by atomic mass is 16.4. The summed E-state index contributed by atoms with van der Waals surface area (Å²) in [4.78, 5) is 35.8. The number of hydrogen-bond donors (Lipinski definition) is 3. The van der Waals surface area contributed by atoms with Crippen LogP contribution >= 0.6 is 0 Å². The fourth-order valence-corrected chi connectivity index (χ4v) is 2.14. The Balaban J connectivity index is 1.91. The van der Waals surface area contributed by atoms with Gasteiger partial charge in [-0.25, -0.2) is 4.79 Å². The smallest absolute Gasteiger partial charge is 0.323 e. The summed E-state index contributed by atoms with van der Waals surface area (Å²) < 4.78 is 1.43. The van der Waals surface area contributed by atoms with Crippen LogP contribution in [0.4, 0.5) is 16.2 Å². The first-order valence-electron chi connectivity index (χ1n) is 7.95. The molecule has 0 saturated heterocycles. The highest BCUT2D eigenvalue weighted by Crippen LogP contribution is 2.13. The summed E-state index contributed by atoms with van der Waals surface area (Å²) in [5.74, 6) is -0.979. The van der Waals surface area contributed by atoms with Gasteiger partial charge < -0.3 is 20.6 Å². The molecule has 0 fully saturated rings. The van der Waals surface area contributed by atoms with Crippen LogP contribution in [0.5, 0.6) is 0 Å². The SMILES string of the molecule is CN(C)C(=O)Cn1cc(NC(=O)Nc2cccc(CCC(=O)O)c2)cn1. The largest absolute Gasteiger partial charge is 0.481 e. The number of rotatable bonds is 7. The Hall–Kier alpha value is -3.36. The minimum atomic E-state index is -0.870. The average molecular weight is 359 g/mol. The number of carboxylic acids is 1. The van der Waals surface area contributed by atoms with Gasteiger partial charge in [-0.15, -0.1) is 0 Å². The van der Waals surface area contributed by atoms with Crippen LogP contribution in [0.25, 0.3) is 0 Å². The second-order valence-electron chi connectivity index (χ2n) is 5.89. The summed E-state index contributed by atoms with van der Waals surface area (Å²) in [5.41, 5.74) is 1.83. The Morgan fingerprint density at radius 1 is 1.19 bits per heavy atom. The molecule has 0 aliphatic carbocycles. The zero-order valence-electron chi connectivity index (χ0n) is 14.6. The molecular weight excluding hydrogens is 338 g/mol. The molecule has 2 aromatic rings. The number of nitrogens with one attached hydrogen (secondary N) is 2. The molecule has 0 radical (unpaired) electrons. The number of aryl methyl sites for hydroxylation is 1. The summed E-state index contributed by atoms with van der Waals surface area (Å²) in [5, 5.41) is 18.1. The van der Waals surface area contributed by atoms with Crippen LogP contribution < -0.4 is 10.6 Å². The molecule has 1 aromatic carbocycles. The van der Waals surface area contributed by atoms with Gasteiger partial charge in [0.2, 0.25) is 5.91 Å². The van der Waals surface area contributed by atoms with Gasteiger partial charge in [-0.1, -0.05) is 12.1 Å². The summed E-state index contributed by atoms with van der Waals surface area (Å²) in [6, 6.07) is 6.53. The lowest BCUT2D eigenvalue weighted by atomic mass is 10.1. The van der Waals surface area contributed by atoms with E-state index in [1.165, 1.54) is 15.8 Å². The van der Waals surface area contributed by atoms with Crippen molar-refractivity contribution in [3.63, 3.8) is 0 Å². The molecule has 3 amide bonds. The summed E-state index contributed by atoms with van der Waals surface area (Å²) in [6.07, 6.45) is 3.43. The standard InChI is InChI=1S/C17H21N5O4/c1-21(2)15(23)11-22-10-14(9-18-22)20-17(26)19-13-5-3-4-12(8-13)6-7-16(24)25/h3-5,8-10H,6-7,11H2,1-2H3,(H,24,25)(H2,19,20,26). The molecule has 0 bridgehead atoms. The number of likely N-dealkylation sites (N-methyl/N-ethyl adjacent to an activating group) is 1. The first kappa shape index (κ1) is 19.0. The van der Waals surface area contributed by atoms with E-state index < -0.39 is 12.0 Å². The van der Waals surface area contributed by atoms with E-state index in [0.29, 0.717) is 17.8 Å². The van der Waals surface area contributed by atoms with Crippen LogP contribution in [0.2, 0.25) is 0 Å². The third-order valence-corrected chi connectivity index (χ3v) is 3.50. The minimum absolute atomic E-state index is 0.0283. The maximum absolute atomic E-state index is 12.1. The molecule has 138 valence electrons. The second-order valence-corrected chi connectivity index (χ2v) is 5.89. The van der Waals surface area contributed by atoms with Gasteiger partial charge in [0.15, 0.2) is 0 Å². The first-order chi connectivity index (χ1) is 12.3. The highest BCUT2D eigenvalue weighted by Gasteiger charge is 2.09. The van der Waals surface area contributed by atoms with E-state index in [1.54, 1.807) is 44.6 Å². The van der Waals surface area contributed by atoms with Crippen molar-refractivity contribution in [2.45, 2.75) is 19.4 Å². The molecule has 3 N–H and O–H groups in total. The van der Waals surface area contributed by atoms with Gasteiger partial charge in [0.1, 0.15) is 6.54 Å². The first-order valence-corrected chi connectivity index (χ1v) is 7.95. The summed E-state index contributed by atoms with van der Waals surface area (Å²) in [6.45, 7) is 0.0852. The summed E-state index contributed by atoms with van der Waals surface area (Å²) >= 11 is 0. The lowest BCUT2D eigenvalue weighted by molar-refractivity contribution is -0.137. The van der Waals surface area contributed by atoms with Crippen LogP contribution in [0.1, 0.15) is 12.0 Å². The molecule has 0 aliphatic heterocycles. The van der Waals surface area contributed by atoms with E-state index in [2.05, 4.69) is 15.7 Å². The molecule has 2 rings (SSSR count). The Kier molecular flexibility index (Phi) is 6.31. The minimum Gasteiger partial charge on any atom is -0.481 e. The number of carbonyl (C=O) groups is 3. The van der Waals surface area contributed by atoms with Crippen molar-refractivity contribution in [3.8, 4) is 0 Å². The van der Waals surface area contributed by atoms with Crippen LogP contribution in [0, 0.1) is 0 Å². The van der Waals surface area contributed by atoms with Gasteiger partial charge in [-0.2, -0.15) is 5.10 Å². The van der Waals surface area contributed by atoms with E-state index >= 15 is 0 Å². The zero-order chi connectivity index (χ0) is 19.1. The monoisotopic (exact) mass is 359 g/mol. The maximum atomic E-state index is 12.1. The number of hydrogen-bond acceptors (Lipinski definition) is 4. The number of anilines is 2. The Morgan fingerprint density at radius 3 is 2.62 bits per heavy atom. The lowest BCUT2D eigenvalue weighted by Gasteiger charge is -2.09. The third kappa shape index (κ3) is 5.93. The Bertz CT molecular complexity index is 800. The predicted octanol–water partition coefficient (Wildman–Crippen LogP) is 1.63. The van der Waals surface area contributed by atoms with Crippen molar-refractivity contribution in [2.24, 2.45) is 0 Å². The van der Waals surface area contributed by atoms with Crippen LogP contribution in [-0.2, 0) is 22.6 Å². The normalized spacial score (nSPS) is 10.2. The molecule has 9 heteroatoms. The van der Waals surface area contributed by atoms with Crippen molar-refractivity contribution in [1.29, 1.82) is 0 Å². The second kappa shape index (κ2) is 8.65. The molecule has 26 heavy (non-hydrogen) atoms. The number of carboxylic acid groups (broad SMARTS) is 1. The van der Waals surface area contributed by atoms with Gasteiger partial charge in [-0.3, -0.25) is 14.3 Å². The number of aromatic nitrogens is 2. The van der Waals surface area contributed by atoms with E-state index in [9.17, 15) is 14.4 Å². The van der Waals surface area contributed by atoms with Gasteiger partial charge in [-0.05, 0) is 24.1 Å². The molecular formula is C17H21N5O4. The van der Waals surface area contributed by atoms with Crippen molar-refractivity contribution in [1.82, 2.24) is 14.7 Å². The lowest BCUT2D eigenvalue weighted by Crippen LogP contribution is -2.26.